The van der Waals surface area contributed by atoms with Gasteiger partial charge in [-0.1, -0.05) is 0 Å². The van der Waals surface area contributed by atoms with Crippen LogP contribution in [0.5, 0.6) is 0 Å². The van der Waals surface area contributed by atoms with E-state index < -0.39 is 44.1 Å². The second-order valence-corrected chi connectivity index (χ2v) is 3.13. The van der Waals surface area contributed by atoms with E-state index in [0.29, 0.717) is 0 Å². The number of rotatable bonds is 3. The van der Waals surface area contributed by atoms with E-state index in [2.05, 4.69) is 0 Å². The molecule has 0 bridgehead atoms. The lowest BCUT2D eigenvalue weighted by Crippen LogP contribution is -2.45. The number of allylic oxidation sites excluding steroid dienone is 1. The van der Waals surface area contributed by atoms with Gasteiger partial charge < -0.3 is 10.2 Å². The maximum Gasteiger partial charge on any atom is 0.420 e. The molecule has 17 heavy (non-hydrogen) atoms. The molecule has 1 aliphatic rings. The van der Waals surface area contributed by atoms with Gasteiger partial charge >= 0.3 is 17.1 Å². The molecule has 11 heteroatoms. The molecule has 0 aromatic heterocycles. The third-order valence-corrected chi connectivity index (χ3v) is 2.09. The lowest BCUT2D eigenvalue weighted by molar-refractivity contribution is -0.646. The summed E-state index contributed by atoms with van der Waals surface area (Å²) >= 11 is 0. The van der Waals surface area contributed by atoms with Gasteiger partial charge in [-0.05, 0) is 0 Å². The second-order valence-electron chi connectivity index (χ2n) is 3.13. The van der Waals surface area contributed by atoms with Crippen molar-refractivity contribution in [1.29, 1.82) is 0 Å². The van der Waals surface area contributed by atoms with Gasteiger partial charge in [-0.25, -0.2) is 0 Å². The van der Waals surface area contributed by atoms with Gasteiger partial charge in [0, 0.05) is 0 Å². The molecule has 2 N–H and O–H groups in total. The molecule has 0 radical (unpaired) electrons. The van der Waals surface area contributed by atoms with Crippen molar-refractivity contribution >= 4 is 0 Å². The highest BCUT2D eigenvalue weighted by Gasteiger charge is 2.58. The Morgan fingerprint density at radius 1 is 1.18 bits per heavy atom. The largest absolute Gasteiger partial charge is 0.505 e. The zero-order chi connectivity index (χ0) is 13.4. The van der Waals surface area contributed by atoms with Gasteiger partial charge in [0.25, 0.3) is 0 Å². The van der Waals surface area contributed by atoms with E-state index >= 15 is 0 Å². The highest BCUT2D eigenvalue weighted by molar-refractivity contribution is 5.27. The maximum atomic E-state index is 10.5. The minimum absolute atomic E-state index is 0.168. The van der Waals surface area contributed by atoms with Crippen molar-refractivity contribution in [2.24, 2.45) is 0 Å². The molecule has 1 atom stereocenters. The monoisotopic (exact) mass is 247 g/mol. The lowest BCUT2D eigenvalue weighted by Gasteiger charge is -2.18. The second kappa shape index (κ2) is 3.79. The number of aliphatic hydroxyl groups excluding tert-OH is 1. The molecule has 92 valence electrons. The molecule has 0 spiro atoms. The summed E-state index contributed by atoms with van der Waals surface area (Å²) in [5.41, 5.74) is -5.59. The Morgan fingerprint density at radius 2 is 1.71 bits per heavy atom. The first-order chi connectivity index (χ1) is 7.70. The fraction of sp³-hybridized carbons (Fsp3) is 0.333. The minimum atomic E-state index is -3.17. The molecule has 0 aromatic carbocycles. The van der Waals surface area contributed by atoms with Crippen molar-refractivity contribution in [3.8, 4) is 0 Å². The molecule has 0 aromatic rings. The summed E-state index contributed by atoms with van der Waals surface area (Å²) in [7, 11) is 0. The topological polar surface area (TPSA) is 170 Å². The van der Waals surface area contributed by atoms with Crippen LogP contribution < -0.4 is 0 Å². The average molecular weight is 247 g/mol. The first kappa shape index (κ1) is 12.5. The quantitative estimate of drug-likeness (QED) is 0.383. The summed E-state index contributed by atoms with van der Waals surface area (Å²) in [6, 6.07) is 0. The number of hydrogen-bond acceptors (Lipinski definition) is 8. The summed E-state index contributed by atoms with van der Waals surface area (Å²) in [5, 5.41) is 50.0. The molecular formula is C6H5N3O8. The van der Waals surface area contributed by atoms with Crippen LogP contribution in [0.4, 0.5) is 0 Å². The van der Waals surface area contributed by atoms with Crippen LogP contribution in [0.15, 0.2) is 23.2 Å². The summed E-state index contributed by atoms with van der Waals surface area (Å²) < 4.78 is 0. The van der Waals surface area contributed by atoms with Gasteiger partial charge in [-0.15, -0.1) is 0 Å². The number of nitro groups is 3. The highest BCUT2D eigenvalue weighted by Crippen LogP contribution is 2.32. The van der Waals surface area contributed by atoms with Crippen LogP contribution in [0.25, 0.3) is 0 Å². The summed E-state index contributed by atoms with van der Waals surface area (Å²) in [4.78, 5) is 27.6. The molecule has 1 aliphatic carbocycles. The Morgan fingerprint density at radius 3 is 2.06 bits per heavy atom. The summed E-state index contributed by atoms with van der Waals surface area (Å²) in [6.45, 7) is 0. The Kier molecular flexibility index (Phi) is 2.79. The van der Waals surface area contributed by atoms with Gasteiger partial charge in [0.05, 0.1) is 14.8 Å². The molecule has 0 fully saturated rings. The third-order valence-electron chi connectivity index (χ3n) is 2.09. The van der Waals surface area contributed by atoms with Gasteiger partial charge in [0.1, 0.15) is 12.5 Å². The van der Waals surface area contributed by atoms with E-state index in [1.54, 1.807) is 0 Å². The predicted octanol–water partition coefficient (Wildman–Crippen LogP) is -0.438. The fourth-order valence-electron chi connectivity index (χ4n) is 1.26. The molecule has 1 unspecified atom stereocenters. The number of aliphatic hydroxyl groups is 2. The number of nitrogens with zero attached hydrogens (tertiary/aromatic N) is 3. The molecule has 0 saturated carbocycles. The Labute approximate surface area is 91.7 Å². The standard InChI is InChI=1S/C6H5N3O8/c10-4-2-6(11,9(16)17)5(8(14)15)1-3(4)7(12)13/h1,10-11H,2H2. The molecule has 0 amide bonds. The normalized spacial score (nSPS) is 24.2. The van der Waals surface area contributed by atoms with Crippen molar-refractivity contribution in [3.05, 3.63) is 53.6 Å². The Bertz CT molecular complexity index is 480. The van der Waals surface area contributed by atoms with Gasteiger partial charge in [0.2, 0.25) is 0 Å². The van der Waals surface area contributed by atoms with Crippen LogP contribution >= 0.6 is 0 Å². The predicted molar refractivity (Wildman–Crippen MR) is 48.3 cm³/mol. The van der Waals surface area contributed by atoms with Gasteiger partial charge in [0.15, 0.2) is 5.76 Å². The summed E-state index contributed by atoms with van der Waals surface area (Å²) in [6.07, 6.45) is -1.06. The van der Waals surface area contributed by atoms with Crippen molar-refractivity contribution in [2.45, 2.75) is 12.1 Å². The van der Waals surface area contributed by atoms with E-state index in [1.807, 2.05) is 0 Å². The summed E-state index contributed by atoms with van der Waals surface area (Å²) in [5.74, 6) is -1.10. The lowest BCUT2D eigenvalue weighted by atomic mass is 9.98. The Balaban J connectivity index is 3.41. The van der Waals surface area contributed by atoms with E-state index in [4.69, 9.17) is 5.11 Å². The van der Waals surface area contributed by atoms with E-state index in [1.165, 1.54) is 0 Å². The van der Waals surface area contributed by atoms with Crippen molar-refractivity contribution < 1.29 is 25.0 Å². The third kappa shape index (κ3) is 1.90. The smallest absolute Gasteiger partial charge is 0.420 e. The van der Waals surface area contributed by atoms with Crippen LogP contribution in [-0.4, -0.2) is 30.7 Å². The van der Waals surface area contributed by atoms with E-state index in [-0.39, 0.29) is 6.08 Å². The molecule has 0 saturated heterocycles. The van der Waals surface area contributed by atoms with Gasteiger partial charge in [-0.3, -0.25) is 30.3 Å². The van der Waals surface area contributed by atoms with Gasteiger partial charge in [-0.2, -0.15) is 0 Å². The van der Waals surface area contributed by atoms with Crippen LogP contribution in [0.2, 0.25) is 0 Å². The first-order valence-electron chi connectivity index (χ1n) is 4.00. The van der Waals surface area contributed by atoms with Crippen molar-refractivity contribution in [2.75, 3.05) is 0 Å². The molecule has 1 rings (SSSR count). The SMILES string of the molecule is O=[N+]([O-])C1=CC([N+](=O)[O-])=C(O)CC1(O)[N+](=O)[O-]. The van der Waals surface area contributed by atoms with E-state index in [9.17, 15) is 35.4 Å². The maximum absolute atomic E-state index is 10.5. The van der Waals surface area contributed by atoms with Crippen LogP contribution in [-0.2, 0) is 0 Å². The van der Waals surface area contributed by atoms with E-state index in [0.717, 1.165) is 0 Å². The van der Waals surface area contributed by atoms with Crippen LogP contribution in [0.3, 0.4) is 0 Å². The zero-order valence-electron chi connectivity index (χ0n) is 7.97. The molecule has 11 nitrogen and oxygen atoms in total. The first-order valence-corrected chi connectivity index (χ1v) is 4.00. The zero-order valence-corrected chi connectivity index (χ0v) is 7.97. The Hall–Kier alpha value is -2.56. The molecule has 0 aliphatic heterocycles. The van der Waals surface area contributed by atoms with Crippen LogP contribution in [0.1, 0.15) is 6.42 Å². The van der Waals surface area contributed by atoms with Crippen molar-refractivity contribution in [3.63, 3.8) is 0 Å². The molecule has 0 heterocycles. The highest BCUT2D eigenvalue weighted by atomic mass is 16.7. The minimum Gasteiger partial charge on any atom is -0.505 e. The average Bonchev–Trinajstić information content (AvgIpc) is 2.15. The number of hydrogen-bond donors (Lipinski definition) is 2. The molecular weight excluding hydrogens is 242 g/mol. The fourth-order valence-corrected chi connectivity index (χ4v) is 1.26. The van der Waals surface area contributed by atoms with Crippen molar-refractivity contribution in [1.82, 2.24) is 0 Å². The van der Waals surface area contributed by atoms with Crippen LogP contribution in [0, 0.1) is 30.3 Å².